The number of benzene rings is 1. The van der Waals surface area contributed by atoms with Gasteiger partial charge in [0.1, 0.15) is 6.04 Å². The fourth-order valence-corrected chi connectivity index (χ4v) is 3.38. The maximum Gasteiger partial charge on any atom is 0.329 e. The van der Waals surface area contributed by atoms with E-state index in [-0.39, 0.29) is 25.8 Å². The average molecular weight is 406 g/mol. The highest BCUT2D eigenvalue weighted by Crippen LogP contribution is 2.25. The van der Waals surface area contributed by atoms with E-state index in [1.54, 1.807) is 18.5 Å². The number of carbonyl (C=O) groups is 3. The largest absolute Gasteiger partial charge is 0.481 e. The molecule has 2 aromatic rings. The number of amides is 1. The first-order chi connectivity index (χ1) is 13.4. The summed E-state index contributed by atoms with van der Waals surface area (Å²) in [4.78, 5) is 41.4. The number of carbonyl (C=O) groups excluding carboxylic acids is 2. The third-order valence-corrected chi connectivity index (χ3v) is 4.98. The molecule has 1 N–H and O–H groups in total. The lowest BCUT2D eigenvalue weighted by Gasteiger charge is -2.34. The van der Waals surface area contributed by atoms with Crippen LogP contribution >= 0.6 is 11.6 Å². The Labute approximate surface area is 166 Å². The summed E-state index contributed by atoms with van der Waals surface area (Å²) in [5.41, 5.74) is 2.56. The predicted octanol–water partition coefficient (Wildman–Crippen LogP) is 1.88. The molecule has 148 valence electrons. The van der Waals surface area contributed by atoms with Crippen molar-refractivity contribution in [1.82, 2.24) is 14.5 Å². The van der Waals surface area contributed by atoms with Crippen molar-refractivity contribution in [1.29, 1.82) is 0 Å². The summed E-state index contributed by atoms with van der Waals surface area (Å²) < 4.78 is 6.75. The maximum absolute atomic E-state index is 12.6. The monoisotopic (exact) mass is 405 g/mol. The van der Waals surface area contributed by atoms with Gasteiger partial charge in [-0.2, -0.15) is 0 Å². The molecule has 0 spiro atoms. The number of halogens is 1. The van der Waals surface area contributed by atoms with Gasteiger partial charge in [0.15, 0.2) is 0 Å². The number of carboxylic acids is 1. The number of imidazole rings is 1. The topological polar surface area (TPSA) is 102 Å². The van der Waals surface area contributed by atoms with Gasteiger partial charge in [-0.3, -0.25) is 9.59 Å². The number of nitrogens with zero attached hydrogens (tertiary/aromatic N) is 3. The van der Waals surface area contributed by atoms with E-state index in [2.05, 4.69) is 4.98 Å². The molecule has 0 bridgehead atoms. The normalized spacial score (nSPS) is 15.8. The molecule has 1 aromatic carbocycles. The molecule has 0 saturated heterocycles. The second-order valence-electron chi connectivity index (χ2n) is 6.55. The molecule has 0 fully saturated rings. The molecule has 0 saturated carbocycles. The number of rotatable bonds is 6. The Bertz CT molecular complexity index is 893. The Morgan fingerprint density at radius 2 is 1.96 bits per heavy atom. The second-order valence-corrected chi connectivity index (χ2v) is 6.99. The van der Waals surface area contributed by atoms with Crippen molar-refractivity contribution in [2.45, 2.75) is 38.4 Å². The third-order valence-electron chi connectivity index (χ3n) is 4.73. The van der Waals surface area contributed by atoms with Gasteiger partial charge in [-0.1, -0.05) is 23.7 Å². The van der Waals surface area contributed by atoms with E-state index in [4.69, 9.17) is 21.4 Å². The van der Waals surface area contributed by atoms with Gasteiger partial charge in [-0.25, -0.2) is 9.78 Å². The van der Waals surface area contributed by atoms with Gasteiger partial charge in [0.05, 0.1) is 37.8 Å². The number of hydrogen-bond acceptors (Lipinski definition) is 5. The van der Waals surface area contributed by atoms with Crippen molar-refractivity contribution < 1.29 is 24.2 Å². The van der Waals surface area contributed by atoms with Gasteiger partial charge in [0.2, 0.25) is 5.91 Å². The molecule has 1 atom stereocenters. The Morgan fingerprint density at radius 3 is 2.61 bits per heavy atom. The van der Waals surface area contributed by atoms with Crippen molar-refractivity contribution in [3.63, 3.8) is 0 Å². The Hall–Kier alpha value is -2.87. The first-order valence-electron chi connectivity index (χ1n) is 8.75. The van der Waals surface area contributed by atoms with Gasteiger partial charge in [0.25, 0.3) is 0 Å². The summed E-state index contributed by atoms with van der Waals surface area (Å²) in [7, 11) is 1.26. The Kier molecular flexibility index (Phi) is 5.99. The van der Waals surface area contributed by atoms with Crippen molar-refractivity contribution >= 4 is 29.4 Å². The van der Waals surface area contributed by atoms with E-state index in [0.29, 0.717) is 11.6 Å². The molecule has 1 aromatic heterocycles. The molecule has 0 radical (unpaired) electrons. The molecule has 1 aliphatic rings. The quantitative estimate of drug-likeness (QED) is 0.736. The van der Waals surface area contributed by atoms with Crippen LogP contribution in [0.3, 0.4) is 0 Å². The first kappa shape index (κ1) is 19.9. The summed E-state index contributed by atoms with van der Waals surface area (Å²) in [6.07, 6.45) is 1.44. The van der Waals surface area contributed by atoms with E-state index in [0.717, 1.165) is 17.0 Å². The number of carboxylic acid groups (broad SMARTS) is 1. The van der Waals surface area contributed by atoms with Gasteiger partial charge < -0.3 is 19.3 Å². The van der Waals surface area contributed by atoms with Crippen molar-refractivity contribution in [2.24, 2.45) is 0 Å². The van der Waals surface area contributed by atoms with Crippen LogP contribution in [0.5, 0.6) is 0 Å². The number of hydrogen-bond donors (Lipinski definition) is 1. The minimum atomic E-state index is -1.06. The Balaban J connectivity index is 1.85. The minimum Gasteiger partial charge on any atom is -0.481 e. The molecular weight excluding hydrogens is 386 g/mol. The van der Waals surface area contributed by atoms with E-state index in [9.17, 15) is 14.4 Å². The standard InChI is InChI=1S/C19H20ClN3O5/c1-28-19(27)15-8-14-16(10-23(15)17(24)6-7-18(25)26)22(11-21-14)9-12-2-4-13(20)5-3-12/h2-5,11,15H,6-10H2,1H3,(H,25,26). The number of fused-ring (bicyclic) bond motifs is 1. The van der Waals surface area contributed by atoms with Crippen molar-refractivity contribution in [3.05, 3.63) is 52.6 Å². The minimum absolute atomic E-state index is 0.168. The summed E-state index contributed by atoms with van der Waals surface area (Å²) in [5, 5.41) is 9.49. The highest BCUT2D eigenvalue weighted by Gasteiger charge is 2.37. The van der Waals surface area contributed by atoms with Crippen LogP contribution < -0.4 is 0 Å². The van der Waals surface area contributed by atoms with Crippen molar-refractivity contribution in [2.75, 3.05) is 7.11 Å². The van der Waals surface area contributed by atoms with Crippen LogP contribution in [-0.2, 0) is 38.6 Å². The predicted molar refractivity (Wildman–Crippen MR) is 99.7 cm³/mol. The summed E-state index contributed by atoms with van der Waals surface area (Å²) in [6, 6.07) is 6.61. The molecular formula is C19H20ClN3O5. The van der Waals surface area contributed by atoms with Crippen LogP contribution in [0.2, 0.25) is 5.02 Å². The van der Waals surface area contributed by atoms with Gasteiger partial charge >= 0.3 is 11.9 Å². The second kappa shape index (κ2) is 8.43. The lowest BCUT2D eigenvalue weighted by Crippen LogP contribution is -2.49. The molecule has 3 rings (SSSR count). The summed E-state index contributed by atoms with van der Waals surface area (Å²) in [5.74, 6) is -2.00. The lowest BCUT2D eigenvalue weighted by atomic mass is 10.0. The van der Waals surface area contributed by atoms with Crippen LogP contribution in [0.15, 0.2) is 30.6 Å². The van der Waals surface area contributed by atoms with Crippen molar-refractivity contribution in [3.8, 4) is 0 Å². The molecule has 1 unspecified atom stereocenters. The number of methoxy groups -OCH3 is 1. The number of aliphatic carboxylic acids is 1. The van der Waals surface area contributed by atoms with E-state index in [1.165, 1.54) is 12.0 Å². The number of ether oxygens (including phenoxy) is 1. The first-order valence-corrected chi connectivity index (χ1v) is 9.13. The SMILES string of the molecule is COC(=O)C1Cc2ncn(Cc3ccc(Cl)cc3)c2CN1C(=O)CCC(=O)O. The molecule has 28 heavy (non-hydrogen) atoms. The number of esters is 1. The zero-order valence-corrected chi connectivity index (χ0v) is 16.1. The zero-order chi connectivity index (χ0) is 20.3. The van der Waals surface area contributed by atoms with E-state index >= 15 is 0 Å². The van der Waals surface area contributed by atoms with Crippen LogP contribution in [0.4, 0.5) is 0 Å². The molecule has 9 heteroatoms. The van der Waals surface area contributed by atoms with Crippen LogP contribution in [0.1, 0.15) is 29.8 Å². The van der Waals surface area contributed by atoms with E-state index < -0.39 is 23.9 Å². The summed E-state index contributed by atoms with van der Waals surface area (Å²) >= 11 is 5.93. The molecule has 1 aliphatic heterocycles. The van der Waals surface area contributed by atoms with Crippen LogP contribution in [0.25, 0.3) is 0 Å². The van der Waals surface area contributed by atoms with Crippen LogP contribution in [0, 0.1) is 0 Å². The highest BCUT2D eigenvalue weighted by atomic mass is 35.5. The fraction of sp³-hybridized carbons (Fsp3) is 0.368. The van der Waals surface area contributed by atoms with Gasteiger partial charge in [-0.05, 0) is 17.7 Å². The fourth-order valence-electron chi connectivity index (χ4n) is 3.26. The molecule has 1 amide bonds. The molecule has 8 nitrogen and oxygen atoms in total. The average Bonchev–Trinajstić information content (AvgIpc) is 3.08. The maximum atomic E-state index is 12.6. The number of aromatic nitrogens is 2. The van der Waals surface area contributed by atoms with Gasteiger partial charge in [-0.15, -0.1) is 0 Å². The smallest absolute Gasteiger partial charge is 0.329 e. The van der Waals surface area contributed by atoms with Crippen LogP contribution in [-0.4, -0.2) is 50.6 Å². The molecule has 2 heterocycles. The third kappa shape index (κ3) is 4.33. The molecule has 0 aliphatic carbocycles. The highest BCUT2D eigenvalue weighted by molar-refractivity contribution is 6.30. The zero-order valence-electron chi connectivity index (χ0n) is 15.3. The van der Waals surface area contributed by atoms with E-state index in [1.807, 2.05) is 16.7 Å². The van der Waals surface area contributed by atoms with Gasteiger partial charge in [0, 0.05) is 24.4 Å². The summed E-state index contributed by atoms with van der Waals surface area (Å²) in [6.45, 7) is 0.709. The Morgan fingerprint density at radius 1 is 1.25 bits per heavy atom. The lowest BCUT2D eigenvalue weighted by molar-refractivity contribution is -0.154.